The summed E-state index contributed by atoms with van der Waals surface area (Å²) in [6.07, 6.45) is 4.34. The van der Waals surface area contributed by atoms with Crippen molar-refractivity contribution in [3.63, 3.8) is 0 Å². The summed E-state index contributed by atoms with van der Waals surface area (Å²) in [6.45, 7) is 3.55. The molecule has 78 valence electrons. The Labute approximate surface area is 79.5 Å². The molecule has 1 atom stereocenters. The maximum Gasteiger partial charge on any atom is 0.337 e. The van der Waals surface area contributed by atoms with Gasteiger partial charge in [0.2, 0.25) is 0 Å². The molecule has 0 rings (SSSR count). The highest BCUT2D eigenvalue weighted by Crippen LogP contribution is 2.12. The van der Waals surface area contributed by atoms with Gasteiger partial charge in [-0.05, 0) is 12.3 Å². The van der Waals surface area contributed by atoms with Gasteiger partial charge >= 0.3 is 5.97 Å². The summed E-state index contributed by atoms with van der Waals surface area (Å²) in [7, 11) is 0. The van der Waals surface area contributed by atoms with Crippen LogP contribution in [0.3, 0.4) is 0 Å². The van der Waals surface area contributed by atoms with Gasteiger partial charge in [-0.2, -0.15) is 0 Å². The molecule has 3 heteroatoms. The number of ether oxygens (including phenoxy) is 1. The molecule has 13 heavy (non-hydrogen) atoms. The van der Waals surface area contributed by atoms with Crippen molar-refractivity contribution in [2.45, 2.75) is 39.5 Å². The van der Waals surface area contributed by atoms with Crippen LogP contribution in [0.5, 0.6) is 0 Å². The van der Waals surface area contributed by atoms with Crippen molar-refractivity contribution in [1.29, 1.82) is 0 Å². The van der Waals surface area contributed by atoms with Gasteiger partial charge in [0, 0.05) is 0 Å². The van der Waals surface area contributed by atoms with Crippen molar-refractivity contribution >= 4 is 5.97 Å². The van der Waals surface area contributed by atoms with E-state index in [0.29, 0.717) is 12.5 Å². The van der Waals surface area contributed by atoms with Gasteiger partial charge < -0.3 is 4.74 Å². The lowest BCUT2D eigenvalue weighted by molar-refractivity contribution is -0.146. The molecule has 0 aromatic rings. The van der Waals surface area contributed by atoms with Crippen LogP contribution in [0, 0.1) is 5.92 Å². The highest BCUT2D eigenvalue weighted by atomic mass is 19.1. The number of halogens is 1. The zero-order valence-electron chi connectivity index (χ0n) is 8.51. The summed E-state index contributed by atoms with van der Waals surface area (Å²) in [5.41, 5.74) is 0. The minimum atomic E-state index is -1.01. The van der Waals surface area contributed by atoms with Gasteiger partial charge in [-0.1, -0.05) is 33.1 Å². The van der Waals surface area contributed by atoms with Gasteiger partial charge in [0.1, 0.15) is 0 Å². The third-order valence-corrected chi connectivity index (χ3v) is 2.13. The van der Waals surface area contributed by atoms with E-state index < -0.39 is 12.6 Å². The summed E-state index contributed by atoms with van der Waals surface area (Å²) in [5, 5.41) is 0. The quantitative estimate of drug-likeness (QED) is 0.577. The Balaban J connectivity index is 3.52. The molecule has 0 saturated carbocycles. The molecule has 0 aliphatic carbocycles. The molecule has 0 aliphatic heterocycles. The number of alkyl halides is 1. The van der Waals surface area contributed by atoms with Crippen LogP contribution in [-0.4, -0.2) is 19.3 Å². The van der Waals surface area contributed by atoms with Crippen molar-refractivity contribution in [3.8, 4) is 0 Å². The normalized spacial score (nSPS) is 12.5. The zero-order valence-corrected chi connectivity index (χ0v) is 8.51. The minimum absolute atomic E-state index is 0.374. The first-order valence-corrected chi connectivity index (χ1v) is 4.96. The maximum absolute atomic E-state index is 11.7. The van der Waals surface area contributed by atoms with Crippen molar-refractivity contribution in [2.75, 3.05) is 13.3 Å². The van der Waals surface area contributed by atoms with Crippen LogP contribution in [0.2, 0.25) is 0 Å². The second-order valence-corrected chi connectivity index (χ2v) is 3.23. The monoisotopic (exact) mass is 190 g/mol. The Morgan fingerprint density at radius 2 is 2.15 bits per heavy atom. The Kier molecular flexibility index (Phi) is 7.65. The Morgan fingerprint density at radius 3 is 2.62 bits per heavy atom. The third-order valence-electron chi connectivity index (χ3n) is 2.13. The van der Waals surface area contributed by atoms with Crippen molar-refractivity contribution in [1.82, 2.24) is 0 Å². The summed E-state index contributed by atoms with van der Waals surface area (Å²) in [6, 6.07) is 0. The fraction of sp³-hybridized carbons (Fsp3) is 0.900. The lowest BCUT2D eigenvalue weighted by Gasteiger charge is -2.13. The second-order valence-electron chi connectivity index (χ2n) is 3.23. The number of hydrogen-bond acceptors (Lipinski definition) is 2. The molecule has 2 nitrogen and oxygen atoms in total. The summed E-state index contributed by atoms with van der Waals surface area (Å²) in [5.74, 6) is -0.342. The molecule has 0 heterocycles. The number of unbranched alkanes of at least 4 members (excludes halogenated alkanes) is 1. The molecule has 1 unspecified atom stereocenters. The predicted molar refractivity (Wildman–Crippen MR) is 50.2 cm³/mol. The average molecular weight is 190 g/mol. The maximum atomic E-state index is 11.7. The molecular weight excluding hydrogens is 171 g/mol. The Bertz CT molecular complexity index is 137. The van der Waals surface area contributed by atoms with Crippen molar-refractivity contribution < 1.29 is 13.9 Å². The molecule has 0 aromatic heterocycles. The fourth-order valence-corrected chi connectivity index (χ4v) is 1.15. The van der Waals surface area contributed by atoms with Gasteiger partial charge in [-0.15, -0.1) is 0 Å². The number of carbonyl (C=O) groups excluding carboxylic acids is 1. The Hall–Kier alpha value is -0.600. The van der Waals surface area contributed by atoms with E-state index >= 15 is 0 Å². The predicted octanol–water partition coefficient (Wildman–Crippen LogP) is 2.72. The smallest absolute Gasteiger partial charge is 0.337 e. The van der Waals surface area contributed by atoms with Gasteiger partial charge in [-0.3, -0.25) is 0 Å². The fourth-order valence-electron chi connectivity index (χ4n) is 1.15. The number of hydrogen-bond donors (Lipinski definition) is 0. The number of esters is 1. The average Bonchev–Trinajstić information content (AvgIpc) is 2.17. The van der Waals surface area contributed by atoms with Gasteiger partial charge in [-0.25, -0.2) is 9.18 Å². The van der Waals surface area contributed by atoms with E-state index in [9.17, 15) is 9.18 Å². The van der Waals surface area contributed by atoms with Crippen LogP contribution in [0.1, 0.15) is 39.5 Å². The Morgan fingerprint density at radius 1 is 1.46 bits per heavy atom. The topological polar surface area (TPSA) is 26.3 Å². The highest BCUT2D eigenvalue weighted by molar-refractivity contribution is 5.70. The zero-order chi connectivity index (χ0) is 10.1. The van der Waals surface area contributed by atoms with E-state index in [-0.39, 0.29) is 0 Å². The largest absolute Gasteiger partial charge is 0.463 e. The number of carbonyl (C=O) groups is 1. The van der Waals surface area contributed by atoms with Gasteiger partial charge in [0.05, 0.1) is 6.61 Å². The summed E-state index contributed by atoms with van der Waals surface area (Å²) in [4.78, 5) is 10.5. The third kappa shape index (κ3) is 6.55. The van der Waals surface area contributed by atoms with E-state index in [1.54, 1.807) is 0 Å². The van der Waals surface area contributed by atoms with E-state index in [1.807, 2.05) is 0 Å². The van der Waals surface area contributed by atoms with Crippen molar-refractivity contribution in [2.24, 2.45) is 5.92 Å². The molecule has 0 aliphatic rings. The molecule has 0 saturated heterocycles. The van der Waals surface area contributed by atoms with Crippen molar-refractivity contribution in [3.05, 3.63) is 0 Å². The van der Waals surface area contributed by atoms with Crippen LogP contribution in [0.25, 0.3) is 0 Å². The highest BCUT2D eigenvalue weighted by Gasteiger charge is 2.09. The number of rotatable bonds is 7. The summed E-state index contributed by atoms with van der Waals surface area (Å²) >= 11 is 0. The second kappa shape index (κ2) is 8.02. The lowest BCUT2D eigenvalue weighted by Crippen LogP contribution is -2.14. The van der Waals surface area contributed by atoms with Gasteiger partial charge in [0.25, 0.3) is 0 Å². The minimum Gasteiger partial charge on any atom is -0.463 e. The van der Waals surface area contributed by atoms with Crippen LogP contribution in [-0.2, 0) is 9.53 Å². The van der Waals surface area contributed by atoms with E-state index in [2.05, 4.69) is 13.8 Å². The van der Waals surface area contributed by atoms with E-state index in [4.69, 9.17) is 4.74 Å². The molecule has 0 aromatic carbocycles. The summed E-state index contributed by atoms with van der Waals surface area (Å²) < 4.78 is 16.4. The first-order chi connectivity index (χ1) is 6.24. The molecule has 0 radical (unpaired) electrons. The first-order valence-electron chi connectivity index (χ1n) is 4.96. The van der Waals surface area contributed by atoms with E-state index in [0.717, 1.165) is 25.7 Å². The molecule has 0 spiro atoms. The van der Waals surface area contributed by atoms with Crippen LogP contribution in [0.15, 0.2) is 0 Å². The molecule has 0 fully saturated rings. The van der Waals surface area contributed by atoms with E-state index in [1.165, 1.54) is 0 Å². The lowest BCUT2D eigenvalue weighted by atomic mass is 10.0. The molecule has 0 amide bonds. The SMILES string of the molecule is CCCCC(CC)COC(=O)CF. The van der Waals surface area contributed by atoms with Gasteiger partial charge in [0.15, 0.2) is 6.67 Å². The van der Waals surface area contributed by atoms with Crippen LogP contribution < -0.4 is 0 Å². The molecular formula is C10H19FO2. The van der Waals surface area contributed by atoms with Crippen LogP contribution in [0.4, 0.5) is 4.39 Å². The standard InChI is InChI=1S/C10H19FO2/c1-3-5-6-9(4-2)8-13-10(12)7-11/h9H,3-8H2,1-2H3. The van der Waals surface area contributed by atoms with Crippen LogP contribution >= 0.6 is 0 Å². The molecule has 0 bridgehead atoms. The molecule has 0 N–H and O–H groups in total. The first kappa shape index (κ1) is 12.4.